The second kappa shape index (κ2) is 4.33. The third-order valence-corrected chi connectivity index (χ3v) is 2.17. The molecule has 0 aliphatic rings. The summed E-state index contributed by atoms with van der Waals surface area (Å²) in [6.45, 7) is 0. The lowest BCUT2D eigenvalue weighted by Crippen LogP contribution is -2.15. The Morgan fingerprint density at radius 1 is 1.53 bits per heavy atom. The third-order valence-electron chi connectivity index (χ3n) is 1.58. The van der Waals surface area contributed by atoms with Crippen LogP contribution in [0.1, 0.15) is 15.9 Å². The van der Waals surface area contributed by atoms with Crippen molar-refractivity contribution in [3.63, 3.8) is 0 Å². The van der Waals surface area contributed by atoms with Crippen molar-refractivity contribution in [2.24, 2.45) is 0 Å². The molecule has 0 aliphatic carbocycles. The van der Waals surface area contributed by atoms with Crippen LogP contribution in [0.15, 0.2) is 12.3 Å². The molecule has 3 nitrogen and oxygen atoms in total. The first-order valence-corrected chi connectivity index (χ1v) is 4.75. The number of carbonyl (C=O) groups is 1. The average Bonchev–Trinajstić information content (AvgIpc) is 2.14. The highest BCUT2D eigenvalue weighted by atomic mass is 127. The second-order valence-electron chi connectivity index (χ2n) is 2.54. The quantitative estimate of drug-likeness (QED) is 0.451. The fourth-order valence-corrected chi connectivity index (χ4v) is 1.39. The van der Waals surface area contributed by atoms with Crippen molar-refractivity contribution in [2.45, 2.75) is 6.18 Å². The molecule has 1 rings (SSSR count). The van der Waals surface area contributed by atoms with Gasteiger partial charge in [0.2, 0.25) is 0 Å². The van der Waals surface area contributed by atoms with Crippen LogP contribution >= 0.6 is 22.6 Å². The van der Waals surface area contributed by atoms with E-state index in [0.29, 0.717) is 9.90 Å². The van der Waals surface area contributed by atoms with Crippen LogP contribution in [0.25, 0.3) is 0 Å². The van der Waals surface area contributed by atoms with Crippen molar-refractivity contribution in [3.8, 4) is 0 Å². The first kappa shape index (κ1) is 12.2. The summed E-state index contributed by atoms with van der Waals surface area (Å²) in [7, 11) is 1.02. The van der Waals surface area contributed by atoms with Gasteiger partial charge in [-0.3, -0.25) is 0 Å². The summed E-state index contributed by atoms with van der Waals surface area (Å²) in [4.78, 5) is 14.6. The van der Waals surface area contributed by atoms with Crippen molar-refractivity contribution >= 4 is 28.6 Å². The molecule has 1 aromatic heterocycles. The number of esters is 1. The van der Waals surface area contributed by atoms with Gasteiger partial charge in [0.15, 0.2) is 0 Å². The molecule has 0 unspecified atom stereocenters. The molecule has 15 heavy (non-hydrogen) atoms. The number of nitrogens with zero attached hydrogens (tertiary/aromatic N) is 1. The lowest BCUT2D eigenvalue weighted by molar-refractivity contribution is -0.138. The summed E-state index contributed by atoms with van der Waals surface area (Å²) >= 11 is 1.71. The highest BCUT2D eigenvalue weighted by molar-refractivity contribution is 14.1. The molecule has 0 bridgehead atoms. The van der Waals surface area contributed by atoms with Crippen molar-refractivity contribution in [3.05, 3.63) is 27.1 Å². The molecule has 0 N–H and O–H groups in total. The van der Waals surface area contributed by atoms with Gasteiger partial charge in [-0.05, 0) is 28.7 Å². The van der Waals surface area contributed by atoms with E-state index >= 15 is 0 Å². The standard InChI is InChI=1S/C8H5F3INO2/c1-15-7(14)4-2-6(12)13-3-5(4)8(9,10)11/h2-3H,1H3. The van der Waals surface area contributed by atoms with Gasteiger partial charge in [0.25, 0.3) is 0 Å². The van der Waals surface area contributed by atoms with E-state index in [1.54, 1.807) is 22.6 Å². The van der Waals surface area contributed by atoms with Crippen LogP contribution < -0.4 is 0 Å². The number of methoxy groups -OCH3 is 1. The Hall–Kier alpha value is -0.860. The minimum Gasteiger partial charge on any atom is -0.465 e. The molecule has 0 spiro atoms. The van der Waals surface area contributed by atoms with E-state index in [4.69, 9.17) is 0 Å². The number of alkyl halides is 3. The number of ether oxygens (including phenoxy) is 1. The fourth-order valence-electron chi connectivity index (χ4n) is 0.935. The van der Waals surface area contributed by atoms with E-state index in [2.05, 4.69) is 9.72 Å². The van der Waals surface area contributed by atoms with Gasteiger partial charge in [-0.1, -0.05) is 0 Å². The summed E-state index contributed by atoms with van der Waals surface area (Å²) in [5, 5.41) is 0. The zero-order valence-electron chi connectivity index (χ0n) is 7.43. The highest BCUT2D eigenvalue weighted by Crippen LogP contribution is 2.32. The summed E-state index contributed by atoms with van der Waals surface area (Å²) in [6.07, 6.45) is -3.99. The topological polar surface area (TPSA) is 39.2 Å². The van der Waals surface area contributed by atoms with Crippen LogP contribution in [0.5, 0.6) is 0 Å². The fraction of sp³-hybridized carbons (Fsp3) is 0.250. The van der Waals surface area contributed by atoms with Gasteiger partial charge >= 0.3 is 12.1 Å². The first-order valence-electron chi connectivity index (χ1n) is 3.67. The smallest absolute Gasteiger partial charge is 0.418 e. The lowest BCUT2D eigenvalue weighted by atomic mass is 10.1. The third kappa shape index (κ3) is 2.80. The van der Waals surface area contributed by atoms with Crippen molar-refractivity contribution in [1.82, 2.24) is 4.98 Å². The van der Waals surface area contributed by atoms with Gasteiger partial charge in [-0.15, -0.1) is 0 Å². The van der Waals surface area contributed by atoms with Gasteiger partial charge in [-0.25, -0.2) is 9.78 Å². The minimum absolute atomic E-state index is 0.293. The van der Waals surface area contributed by atoms with E-state index in [1.165, 1.54) is 0 Å². The second-order valence-corrected chi connectivity index (χ2v) is 3.65. The van der Waals surface area contributed by atoms with Crippen molar-refractivity contribution < 1.29 is 22.7 Å². The highest BCUT2D eigenvalue weighted by Gasteiger charge is 2.36. The van der Waals surface area contributed by atoms with Crippen LogP contribution in [0.2, 0.25) is 0 Å². The van der Waals surface area contributed by atoms with Gasteiger partial charge in [0.05, 0.1) is 18.2 Å². The maximum atomic E-state index is 12.4. The largest absolute Gasteiger partial charge is 0.465 e. The van der Waals surface area contributed by atoms with Gasteiger partial charge < -0.3 is 4.74 Å². The molecule has 0 aromatic carbocycles. The van der Waals surface area contributed by atoms with Crippen LogP contribution in [0.3, 0.4) is 0 Å². The molecule has 1 aromatic rings. The molecular weight excluding hydrogens is 326 g/mol. The summed E-state index contributed by atoms with van der Waals surface area (Å²) in [6, 6.07) is 1.04. The minimum atomic E-state index is -4.61. The number of aromatic nitrogens is 1. The van der Waals surface area contributed by atoms with Crippen LogP contribution in [0.4, 0.5) is 13.2 Å². The Kier molecular flexibility index (Phi) is 3.53. The Morgan fingerprint density at radius 2 is 2.13 bits per heavy atom. The Balaban J connectivity index is 3.33. The molecule has 0 saturated carbocycles. The predicted molar refractivity (Wildman–Crippen MR) is 53.3 cm³/mol. The van der Waals surface area contributed by atoms with E-state index in [1.807, 2.05) is 0 Å². The summed E-state index contributed by atoms with van der Waals surface area (Å²) in [5.74, 6) is -1.03. The Bertz CT molecular complexity index is 392. The van der Waals surface area contributed by atoms with Crippen LogP contribution in [0, 0.1) is 3.70 Å². The van der Waals surface area contributed by atoms with Crippen LogP contribution in [-0.2, 0) is 10.9 Å². The summed E-state index contributed by atoms with van der Waals surface area (Å²) < 4.78 is 41.8. The maximum Gasteiger partial charge on any atom is 0.418 e. The van der Waals surface area contributed by atoms with E-state index in [-0.39, 0.29) is 0 Å². The van der Waals surface area contributed by atoms with Gasteiger partial charge in [0.1, 0.15) is 3.70 Å². The number of pyridine rings is 1. The molecule has 82 valence electrons. The molecule has 0 amide bonds. The van der Waals surface area contributed by atoms with Crippen LogP contribution in [-0.4, -0.2) is 18.1 Å². The Labute approximate surface area is 96.8 Å². The molecule has 0 fully saturated rings. The number of carbonyl (C=O) groups excluding carboxylic acids is 1. The SMILES string of the molecule is COC(=O)c1cc(I)ncc1C(F)(F)F. The lowest BCUT2D eigenvalue weighted by Gasteiger charge is -2.10. The number of hydrogen-bond donors (Lipinski definition) is 0. The first-order chi connectivity index (χ1) is 6.86. The normalized spacial score (nSPS) is 11.3. The predicted octanol–water partition coefficient (Wildman–Crippen LogP) is 2.49. The molecule has 1 heterocycles. The molecule has 0 radical (unpaired) electrons. The molecule has 0 aliphatic heterocycles. The van der Waals surface area contributed by atoms with E-state index in [0.717, 1.165) is 13.2 Å². The van der Waals surface area contributed by atoms with Gasteiger partial charge in [0, 0.05) is 6.20 Å². The monoisotopic (exact) mass is 331 g/mol. The van der Waals surface area contributed by atoms with Crippen molar-refractivity contribution in [2.75, 3.05) is 7.11 Å². The van der Waals surface area contributed by atoms with Crippen molar-refractivity contribution in [1.29, 1.82) is 0 Å². The van der Waals surface area contributed by atoms with E-state index < -0.39 is 23.3 Å². The molecule has 7 heteroatoms. The Morgan fingerprint density at radius 3 is 2.60 bits per heavy atom. The maximum absolute atomic E-state index is 12.4. The zero-order chi connectivity index (χ0) is 11.6. The molecule has 0 saturated heterocycles. The average molecular weight is 331 g/mol. The summed E-state index contributed by atoms with van der Waals surface area (Å²) in [5.41, 5.74) is -1.61. The van der Waals surface area contributed by atoms with Gasteiger partial charge in [-0.2, -0.15) is 13.2 Å². The molecule has 0 atom stereocenters. The van der Waals surface area contributed by atoms with E-state index in [9.17, 15) is 18.0 Å². The number of halogens is 4. The molecular formula is C8H5F3INO2. The number of hydrogen-bond acceptors (Lipinski definition) is 3. The number of rotatable bonds is 1. The zero-order valence-corrected chi connectivity index (χ0v) is 9.59.